The maximum atomic E-state index is 13.7. The third-order valence-corrected chi connectivity index (χ3v) is 6.43. The number of fused-ring (bicyclic) bond motifs is 1. The van der Waals surface area contributed by atoms with E-state index in [2.05, 4.69) is 40.1 Å². The monoisotopic (exact) mass is 459 g/mol. The number of oxazole rings is 1. The highest BCUT2D eigenvalue weighted by Gasteiger charge is 2.33. The van der Waals surface area contributed by atoms with Crippen molar-refractivity contribution in [2.45, 2.75) is 44.8 Å². The molecular formula is C26H26FN5O2. The number of carbonyl (C=O) groups excluding carboxylic acids is 1. The van der Waals surface area contributed by atoms with Gasteiger partial charge in [0.1, 0.15) is 12.1 Å². The molecule has 8 heteroatoms. The molecule has 4 heterocycles. The lowest BCUT2D eigenvalue weighted by molar-refractivity contribution is 0.0762. The van der Waals surface area contributed by atoms with Crippen LogP contribution in [0.25, 0.3) is 21.9 Å². The predicted molar refractivity (Wildman–Crippen MR) is 127 cm³/mol. The van der Waals surface area contributed by atoms with Gasteiger partial charge >= 0.3 is 0 Å². The Balaban J connectivity index is 1.44. The van der Waals surface area contributed by atoms with Gasteiger partial charge < -0.3 is 9.73 Å². The first-order valence-corrected chi connectivity index (χ1v) is 11.4. The second kappa shape index (κ2) is 9.30. The number of benzene rings is 1. The highest BCUT2D eigenvalue weighted by atomic mass is 19.1. The molecule has 1 fully saturated rings. The highest BCUT2D eigenvalue weighted by Crippen LogP contribution is 2.34. The van der Waals surface area contributed by atoms with Gasteiger partial charge in [0.05, 0.1) is 17.9 Å². The van der Waals surface area contributed by atoms with Crippen LogP contribution in [-0.4, -0.2) is 44.4 Å². The summed E-state index contributed by atoms with van der Waals surface area (Å²) in [5, 5.41) is 5.14. The molecule has 5 rings (SSSR count). The van der Waals surface area contributed by atoms with Crippen LogP contribution in [0.15, 0.2) is 66.0 Å². The number of halogens is 1. The quantitative estimate of drug-likeness (QED) is 0.463. The fraction of sp³-hybridized carbons (Fsp3) is 0.308. The standard InChI is InChI=1S/C26H26FN5O2/c1-16(2)32-6-5-22(31-26(33)24-14-34-15-30-24)10-25(32)23-9-19-7-17(3-4-18(19)12-29-23)20-8-21(27)13-28-11-20/h3-4,7-9,11-16,22,25H,5-6,10H2,1-2H3,(H,31,33). The number of carbonyl (C=O) groups is 1. The van der Waals surface area contributed by atoms with Gasteiger partial charge in [-0.15, -0.1) is 0 Å². The molecule has 0 saturated carbocycles. The maximum Gasteiger partial charge on any atom is 0.273 e. The molecule has 4 aromatic rings. The zero-order chi connectivity index (χ0) is 23.7. The molecule has 7 nitrogen and oxygen atoms in total. The van der Waals surface area contributed by atoms with E-state index in [4.69, 9.17) is 9.40 Å². The van der Waals surface area contributed by atoms with Crippen molar-refractivity contribution in [3.05, 3.63) is 78.8 Å². The molecule has 0 bridgehead atoms. The molecule has 3 aromatic heterocycles. The van der Waals surface area contributed by atoms with Crippen LogP contribution in [0.4, 0.5) is 4.39 Å². The van der Waals surface area contributed by atoms with Gasteiger partial charge in [-0.3, -0.25) is 19.7 Å². The van der Waals surface area contributed by atoms with Crippen molar-refractivity contribution in [3.8, 4) is 11.1 Å². The molecule has 1 aliphatic heterocycles. The van der Waals surface area contributed by atoms with E-state index in [1.165, 1.54) is 24.9 Å². The van der Waals surface area contributed by atoms with Gasteiger partial charge in [-0.25, -0.2) is 9.37 Å². The van der Waals surface area contributed by atoms with Crippen molar-refractivity contribution in [1.29, 1.82) is 0 Å². The number of likely N-dealkylation sites (tertiary alicyclic amines) is 1. The Hall–Kier alpha value is -3.65. The van der Waals surface area contributed by atoms with Gasteiger partial charge in [-0.05, 0) is 55.8 Å². The van der Waals surface area contributed by atoms with Crippen LogP contribution in [0.1, 0.15) is 48.9 Å². The number of hydrogen-bond acceptors (Lipinski definition) is 6. The van der Waals surface area contributed by atoms with Crippen LogP contribution in [0.3, 0.4) is 0 Å². The number of aromatic nitrogens is 3. The minimum Gasteiger partial charge on any atom is -0.451 e. The predicted octanol–water partition coefficient (Wildman–Crippen LogP) is 4.77. The number of pyridine rings is 2. The van der Waals surface area contributed by atoms with E-state index in [9.17, 15) is 9.18 Å². The van der Waals surface area contributed by atoms with E-state index in [0.29, 0.717) is 6.04 Å². The van der Waals surface area contributed by atoms with E-state index >= 15 is 0 Å². The molecule has 2 atom stereocenters. The number of piperidine rings is 1. The summed E-state index contributed by atoms with van der Waals surface area (Å²) < 4.78 is 18.6. The summed E-state index contributed by atoms with van der Waals surface area (Å²) in [5.74, 6) is -0.586. The molecule has 1 saturated heterocycles. The third kappa shape index (κ3) is 4.54. The van der Waals surface area contributed by atoms with E-state index in [1.807, 2.05) is 24.4 Å². The smallest absolute Gasteiger partial charge is 0.273 e. The van der Waals surface area contributed by atoms with Crippen LogP contribution in [0.5, 0.6) is 0 Å². The molecule has 0 aliphatic carbocycles. The molecule has 34 heavy (non-hydrogen) atoms. The number of nitrogens with one attached hydrogen (secondary N) is 1. The second-order valence-electron chi connectivity index (χ2n) is 8.98. The second-order valence-corrected chi connectivity index (χ2v) is 8.98. The normalized spacial score (nSPS) is 18.9. The first kappa shape index (κ1) is 22.2. The Labute approximate surface area is 197 Å². The van der Waals surface area contributed by atoms with Crippen molar-refractivity contribution < 1.29 is 13.6 Å². The topological polar surface area (TPSA) is 84.2 Å². The van der Waals surface area contributed by atoms with E-state index < -0.39 is 0 Å². The average Bonchev–Trinajstić information content (AvgIpc) is 3.38. The van der Waals surface area contributed by atoms with Crippen LogP contribution < -0.4 is 5.32 Å². The molecule has 0 spiro atoms. The first-order chi connectivity index (χ1) is 16.5. The van der Waals surface area contributed by atoms with Crippen LogP contribution >= 0.6 is 0 Å². The Morgan fingerprint density at radius 1 is 1.12 bits per heavy atom. The summed E-state index contributed by atoms with van der Waals surface area (Å²) in [6.07, 6.45) is 8.95. The van der Waals surface area contributed by atoms with Gasteiger partial charge in [-0.2, -0.15) is 0 Å². The van der Waals surface area contributed by atoms with Gasteiger partial charge in [0.15, 0.2) is 12.1 Å². The molecule has 1 amide bonds. The van der Waals surface area contributed by atoms with Crippen molar-refractivity contribution in [2.24, 2.45) is 0 Å². The Bertz CT molecular complexity index is 1310. The largest absolute Gasteiger partial charge is 0.451 e. The molecular weight excluding hydrogens is 433 g/mol. The molecule has 2 unspecified atom stereocenters. The van der Waals surface area contributed by atoms with Gasteiger partial charge in [0, 0.05) is 42.0 Å². The third-order valence-electron chi connectivity index (χ3n) is 6.43. The van der Waals surface area contributed by atoms with Crippen LogP contribution in [-0.2, 0) is 0 Å². The zero-order valence-corrected chi connectivity index (χ0v) is 19.1. The summed E-state index contributed by atoms with van der Waals surface area (Å²) in [6.45, 7) is 5.20. The molecule has 1 N–H and O–H groups in total. The van der Waals surface area contributed by atoms with Crippen molar-refractivity contribution >= 4 is 16.7 Å². The summed E-state index contributed by atoms with van der Waals surface area (Å²) in [5.41, 5.74) is 2.87. The van der Waals surface area contributed by atoms with Crippen LogP contribution in [0, 0.1) is 5.82 Å². The molecule has 1 aliphatic rings. The summed E-state index contributed by atoms with van der Waals surface area (Å²) in [4.78, 5) is 27.6. The maximum absolute atomic E-state index is 13.7. The van der Waals surface area contributed by atoms with Crippen molar-refractivity contribution in [1.82, 2.24) is 25.2 Å². The lowest BCUT2D eigenvalue weighted by atomic mass is 9.92. The van der Waals surface area contributed by atoms with E-state index in [-0.39, 0.29) is 29.5 Å². The van der Waals surface area contributed by atoms with E-state index in [1.54, 1.807) is 6.20 Å². The average molecular weight is 460 g/mol. The zero-order valence-electron chi connectivity index (χ0n) is 19.1. The van der Waals surface area contributed by atoms with E-state index in [0.717, 1.165) is 47.0 Å². The number of rotatable bonds is 5. The number of amides is 1. The lowest BCUT2D eigenvalue weighted by Crippen LogP contribution is -2.48. The molecule has 174 valence electrons. The molecule has 0 radical (unpaired) electrons. The fourth-order valence-corrected chi connectivity index (χ4v) is 4.70. The number of nitrogens with zero attached hydrogens (tertiary/aromatic N) is 4. The van der Waals surface area contributed by atoms with Crippen molar-refractivity contribution in [2.75, 3.05) is 6.54 Å². The number of hydrogen-bond donors (Lipinski definition) is 1. The van der Waals surface area contributed by atoms with Gasteiger partial charge in [0.25, 0.3) is 5.91 Å². The SMILES string of the molecule is CC(C)N1CCC(NC(=O)c2cocn2)CC1c1cc2cc(-c3cncc(F)c3)ccc2cn1. The minimum absolute atomic E-state index is 0.00593. The lowest BCUT2D eigenvalue weighted by Gasteiger charge is -2.41. The summed E-state index contributed by atoms with van der Waals surface area (Å²) in [6, 6.07) is 9.98. The van der Waals surface area contributed by atoms with Crippen LogP contribution in [0.2, 0.25) is 0 Å². The Morgan fingerprint density at radius 2 is 2.00 bits per heavy atom. The summed E-state index contributed by atoms with van der Waals surface area (Å²) in [7, 11) is 0. The first-order valence-electron chi connectivity index (χ1n) is 11.4. The summed E-state index contributed by atoms with van der Waals surface area (Å²) >= 11 is 0. The minimum atomic E-state index is -0.360. The van der Waals surface area contributed by atoms with Gasteiger partial charge in [0.2, 0.25) is 0 Å². The highest BCUT2D eigenvalue weighted by molar-refractivity contribution is 5.92. The van der Waals surface area contributed by atoms with Crippen molar-refractivity contribution in [3.63, 3.8) is 0 Å². The fourth-order valence-electron chi connectivity index (χ4n) is 4.70. The Morgan fingerprint density at radius 3 is 2.76 bits per heavy atom. The molecule has 1 aromatic carbocycles. The Kier molecular flexibility index (Phi) is 6.06. The van der Waals surface area contributed by atoms with Gasteiger partial charge in [-0.1, -0.05) is 12.1 Å².